The van der Waals surface area contributed by atoms with Crippen molar-refractivity contribution in [2.45, 2.75) is 31.0 Å². The van der Waals surface area contributed by atoms with Crippen molar-refractivity contribution in [3.8, 4) is 0 Å². The first-order valence-electron chi connectivity index (χ1n) is 12.1. The lowest BCUT2D eigenvalue weighted by atomic mass is 10.1. The van der Waals surface area contributed by atoms with E-state index < -0.39 is 46.8 Å². The second kappa shape index (κ2) is 9.85. The van der Waals surface area contributed by atoms with Crippen LogP contribution in [0.15, 0.2) is 66.7 Å². The van der Waals surface area contributed by atoms with Crippen molar-refractivity contribution in [3.63, 3.8) is 0 Å². The van der Waals surface area contributed by atoms with Crippen molar-refractivity contribution in [2.24, 2.45) is 0 Å². The molecule has 10 heteroatoms. The molecule has 3 aromatic rings. The highest BCUT2D eigenvalue weighted by Gasteiger charge is 2.52. The first-order chi connectivity index (χ1) is 18.1. The molecule has 196 valence electrons. The first-order valence-corrected chi connectivity index (χ1v) is 12.1. The summed E-state index contributed by atoms with van der Waals surface area (Å²) in [5.74, 6) is -3.48. The maximum absolute atomic E-state index is 14.2. The van der Waals surface area contributed by atoms with Crippen molar-refractivity contribution in [1.82, 2.24) is 10.6 Å². The SMILES string of the molecule is CN1C(=O)[C@H](NC(=O)C2(NC(=O)c3ccccc3)CC2)CN(Cc2cc(F)cc(F)c2)c2ccc(F)cc21. The van der Waals surface area contributed by atoms with Crippen molar-refractivity contribution in [2.75, 3.05) is 23.4 Å². The Bertz CT molecular complexity index is 1390. The second-order valence-corrected chi connectivity index (χ2v) is 9.62. The zero-order chi connectivity index (χ0) is 27.0. The van der Waals surface area contributed by atoms with Crippen LogP contribution in [-0.2, 0) is 16.1 Å². The van der Waals surface area contributed by atoms with Gasteiger partial charge in [0.2, 0.25) is 5.91 Å². The molecule has 0 bridgehead atoms. The largest absolute Gasteiger partial charge is 0.363 e. The number of amides is 3. The van der Waals surface area contributed by atoms with Gasteiger partial charge in [-0.3, -0.25) is 14.4 Å². The van der Waals surface area contributed by atoms with Crippen LogP contribution >= 0.6 is 0 Å². The van der Waals surface area contributed by atoms with E-state index in [1.807, 2.05) is 0 Å². The van der Waals surface area contributed by atoms with Gasteiger partial charge in [-0.05, 0) is 60.9 Å². The number of nitrogens with one attached hydrogen (secondary N) is 2. The third-order valence-corrected chi connectivity index (χ3v) is 6.85. The monoisotopic (exact) mass is 522 g/mol. The predicted octanol–water partition coefficient (Wildman–Crippen LogP) is 3.53. The quantitative estimate of drug-likeness (QED) is 0.519. The molecule has 0 unspecified atom stereocenters. The van der Waals surface area contributed by atoms with Crippen LogP contribution in [0.4, 0.5) is 24.5 Å². The molecule has 38 heavy (non-hydrogen) atoms. The molecule has 1 aliphatic carbocycles. The van der Waals surface area contributed by atoms with Gasteiger partial charge in [-0.2, -0.15) is 0 Å². The van der Waals surface area contributed by atoms with E-state index in [4.69, 9.17) is 0 Å². The number of anilines is 2. The number of carbonyl (C=O) groups excluding carboxylic acids is 3. The first kappa shape index (κ1) is 25.3. The zero-order valence-corrected chi connectivity index (χ0v) is 20.5. The van der Waals surface area contributed by atoms with Gasteiger partial charge in [0, 0.05) is 31.8 Å². The highest BCUT2D eigenvalue weighted by atomic mass is 19.1. The summed E-state index contributed by atoms with van der Waals surface area (Å²) in [5, 5.41) is 5.54. The number of likely N-dealkylation sites (N-methyl/N-ethyl adjacent to an activating group) is 1. The fraction of sp³-hybridized carbons (Fsp3) is 0.250. The molecule has 7 nitrogen and oxygen atoms in total. The van der Waals surface area contributed by atoms with E-state index in [1.54, 1.807) is 35.2 Å². The minimum atomic E-state index is -1.15. The molecular weight excluding hydrogens is 497 g/mol. The molecule has 1 atom stereocenters. The smallest absolute Gasteiger partial charge is 0.252 e. The molecule has 0 radical (unpaired) electrons. The molecule has 1 saturated carbocycles. The van der Waals surface area contributed by atoms with Gasteiger partial charge in [0.25, 0.3) is 11.8 Å². The van der Waals surface area contributed by atoms with Crippen molar-refractivity contribution >= 4 is 29.1 Å². The van der Waals surface area contributed by atoms with E-state index in [0.717, 1.165) is 6.07 Å². The van der Waals surface area contributed by atoms with Gasteiger partial charge < -0.3 is 20.4 Å². The van der Waals surface area contributed by atoms with Crippen LogP contribution in [0.2, 0.25) is 0 Å². The average Bonchev–Trinajstić information content (AvgIpc) is 3.68. The summed E-state index contributed by atoms with van der Waals surface area (Å²) >= 11 is 0. The minimum absolute atomic E-state index is 0.00328. The molecule has 2 N–H and O–H groups in total. The lowest BCUT2D eigenvalue weighted by Gasteiger charge is -2.28. The summed E-state index contributed by atoms with van der Waals surface area (Å²) < 4.78 is 41.9. The topological polar surface area (TPSA) is 81.8 Å². The fourth-order valence-corrected chi connectivity index (χ4v) is 4.67. The average molecular weight is 523 g/mol. The molecule has 3 aromatic carbocycles. The number of hydrogen-bond acceptors (Lipinski definition) is 4. The van der Waals surface area contributed by atoms with Crippen molar-refractivity contribution in [3.05, 3.63) is 95.3 Å². The third kappa shape index (κ3) is 5.06. The second-order valence-electron chi connectivity index (χ2n) is 9.62. The summed E-state index contributed by atoms with van der Waals surface area (Å²) in [6.45, 7) is -0.0505. The van der Waals surface area contributed by atoms with E-state index in [2.05, 4.69) is 10.6 Å². The number of hydrogen-bond donors (Lipinski definition) is 2. The number of halogens is 3. The van der Waals surface area contributed by atoms with Crippen LogP contribution in [0.5, 0.6) is 0 Å². The van der Waals surface area contributed by atoms with E-state index in [-0.39, 0.29) is 18.8 Å². The van der Waals surface area contributed by atoms with Crippen molar-refractivity contribution < 1.29 is 27.6 Å². The molecule has 3 amide bonds. The van der Waals surface area contributed by atoms with E-state index >= 15 is 0 Å². The van der Waals surface area contributed by atoms with Gasteiger partial charge in [-0.25, -0.2) is 13.2 Å². The standard InChI is InChI=1S/C28H25F3N4O3/c1-34-24-14-19(29)7-8-23(24)35(15-17-11-20(30)13-21(31)12-17)16-22(26(34)37)32-27(38)28(9-10-28)33-25(36)18-5-3-2-4-6-18/h2-8,11-14,22H,9-10,15-16H2,1H3,(H,32,38)(H,33,36)/t22-/m1/s1. The molecule has 0 saturated heterocycles. The normalized spacial score (nSPS) is 17.9. The summed E-state index contributed by atoms with van der Waals surface area (Å²) in [7, 11) is 1.47. The Balaban J connectivity index is 1.40. The lowest BCUT2D eigenvalue weighted by Crippen LogP contribution is -2.57. The van der Waals surface area contributed by atoms with Crippen LogP contribution < -0.4 is 20.4 Å². The number of nitrogens with zero attached hydrogens (tertiary/aromatic N) is 2. The summed E-state index contributed by atoms with van der Waals surface area (Å²) in [5.41, 5.74) is 0.272. The molecule has 1 heterocycles. The fourth-order valence-electron chi connectivity index (χ4n) is 4.67. The summed E-state index contributed by atoms with van der Waals surface area (Å²) in [4.78, 5) is 42.3. The summed E-state index contributed by atoms with van der Waals surface area (Å²) in [6, 6.07) is 14.4. The van der Waals surface area contributed by atoms with Gasteiger partial charge >= 0.3 is 0 Å². The Morgan fingerprint density at radius 3 is 2.26 bits per heavy atom. The summed E-state index contributed by atoms with van der Waals surface area (Å²) in [6.07, 6.45) is 0.817. The minimum Gasteiger partial charge on any atom is -0.363 e. The number of rotatable bonds is 6. The van der Waals surface area contributed by atoms with E-state index in [0.29, 0.717) is 29.7 Å². The highest BCUT2D eigenvalue weighted by Crippen LogP contribution is 2.37. The molecule has 0 spiro atoms. The zero-order valence-electron chi connectivity index (χ0n) is 20.5. The molecular formula is C28H25F3N4O3. The Labute approximate surface area is 217 Å². The highest BCUT2D eigenvalue weighted by molar-refractivity contribution is 6.05. The van der Waals surface area contributed by atoms with Gasteiger partial charge in [0.05, 0.1) is 11.4 Å². The number of fused-ring (bicyclic) bond motifs is 1. The molecule has 2 aliphatic rings. The predicted molar refractivity (Wildman–Crippen MR) is 135 cm³/mol. The van der Waals surface area contributed by atoms with Gasteiger partial charge in [0.1, 0.15) is 29.0 Å². The molecule has 5 rings (SSSR count). The maximum Gasteiger partial charge on any atom is 0.252 e. The third-order valence-electron chi connectivity index (χ3n) is 6.85. The van der Waals surface area contributed by atoms with E-state index in [9.17, 15) is 27.6 Å². The van der Waals surface area contributed by atoms with Gasteiger partial charge in [-0.15, -0.1) is 0 Å². The van der Waals surface area contributed by atoms with Crippen molar-refractivity contribution in [1.29, 1.82) is 0 Å². The van der Waals surface area contributed by atoms with Crippen LogP contribution in [0.25, 0.3) is 0 Å². The lowest BCUT2D eigenvalue weighted by molar-refractivity contribution is -0.129. The van der Waals surface area contributed by atoms with Crippen LogP contribution in [0.3, 0.4) is 0 Å². The number of benzene rings is 3. The van der Waals surface area contributed by atoms with Crippen LogP contribution in [0.1, 0.15) is 28.8 Å². The Morgan fingerprint density at radius 2 is 1.61 bits per heavy atom. The Morgan fingerprint density at radius 1 is 0.921 bits per heavy atom. The van der Waals surface area contributed by atoms with E-state index in [1.165, 1.54) is 42.3 Å². The van der Waals surface area contributed by atoms with Crippen LogP contribution in [0, 0.1) is 17.5 Å². The van der Waals surface area contributed by atoms with Gasteiger partial charge in [0.15, 0.2) is 0 Å². The van der Waals surface area contributed by atoms with Crippen LogP contribution in [-0.4, -0.2) is 42.9 Å². The molecule has 1 aliphatic heterocycles. The molecule has 0 aromatic heterocycles. The molecule has 1 fully saturated rings. The maximum atomic E-state index is 14.2. The Kier molecular flexibility index (Phi) is 6.56. The Hall–Kier alpha value is -4.34. The van der Waals surface area contributed by atoms with Gasteiger partial charge in [-0.1, -0.05) is 18.2 Å². The number of carbonyl (C=O) groups is 3.